The summed E-state index contributed by atoms with van der Waals surface area (Å²) >= 11 is 7.11. The summed E-state index contributed by atoms with van der Waals surface area (Å²) in [5.74, 6) is -1.00. The molecule has 0 spiro atoms. The number of thiazole rings is 1. The van der Waals surface area contributed by atoms with Crippen molar-refractivity contribution in [2.45, 2.75) is 45.3 Å². The van der Waals surface area contributed by atoms with E-state index < -0.39 is 28.5 Å². The molecule has 1 aromatic carbocycles. The van der Waals surface area contributed by atoms with E-state index in [1.165, 1.54) is 29.8 Å². The van der Waals surface area contributed by atoms with Crippen LogP contribution in [-0.4, -0.2) is 76.2 Å². The molecule has 0 saturated carbocycles. The number of carboxylic acid groups (broad SMARTS) is 1. The SMILES string of the molecule is CC1CCN(c2sc(Nc3ncnc(N4CCN(CCC(=O)O)C(C)C4)c3F)nc2-c2ccc(Cl)c(C(F)(F)F)c2)CC1. The summed E-state index contributed by atoms with van der Waals surface area (Å²) in [6.45, 7) is 7.42. The molecule has 0 radical (unpaired) electrons. The van der Waals surface area contributed by atoms with Crippen molar-refractivity contribution >= 4 is 50.7 Å². The van der Waals surface area contributed by atoms with E-state index in [0.29, 0.717) is 42.8 Å². The van der Waals surface area contributed by atoms with Gasteiger partial charge in [0.2, 0.25) is 5.82 Å². The second-order valence-corrected chi connectivity index (χ2v) is 12.4. The minimum Gasteiger partial charge on any atom is -0.481 e. The van der Waals surface area contributed by atoms with Crippen molar-refractivity contribution in [3.05, 3.63) is 40.9 Å². The van der Waals surface area contributed by atoms with Crippen molar-refractivity contribution in [3.8, 4) is 11.3 Å². The fourth-order valence-corrected chi connectivity index (χ4v) is 6.66. The second-order valence-electron chi connectivity index (χ2n) is 11.0. The summed E-state index contributed by atoms with van der Waals surface area (Å²) in [6.07, 6.45) is -1.49. The lowest BCUT2D eigenvalue weighted by Crippen LogP contribution is -2.52. The molecule has 2 aliphatic heterocycles. The molecule has 1 unspecified atom stereocenters. The maximum atomic E-state index is 15.8. The number of anilines is 4. The molecule has 2 N–H and O–H groups in total. The molecular weight excluding hydrogens is 610 g/mol. The van der Waals surface area contributed by atoms with E-state index in [9.17, 15) is 18.0 Å². The highest BCUT2D eigenvalue weighted by atomic mass is 35.5. The number of hydrogen-bond donors (Lipinski definition) is 2. The Labute approximate surface area is 255 Å². The van der Waals surface area contributed by atoms with Crippen LogP contribution in [0.3, 0.4) is 0 Å². The predicted molar refractivity (Wildman–Crippen MR) is 159 cm³/mol. The number of aromatic nitrogens is 3. The zero-order valence-corrected chi connectivity index (χ0v) is 25.2. The van der Waals surface area contributed by atoms with Gasteiger partial charge < -0.3 is 20.2 Å². The van der Waals surface area contributed by atoms with Crippen LogP contribution in [0.1, 0.15) is 38.7 Å². The fourth-order valence-electron chi connectivity index (χ4n) is 5.40. The molecular formula is C28H32ClF4N7O2S. The predicted octanol–water partition coefficient (Wildman–Crippen LogP) is 6.38. The number of rotatable bonds is 8. The third kappa shape index (κ3) is 7.13. The Morgan fingerprint density at radius 1 is 1.14 bits per heavy atom. The third-order valence-corrected chi connectivity index (χ3v) is 9.26. The van der Waals surface area contributed by atoms with Crippen LogP contribution in [0.5, 0.6) is 0 Å². The molecule has 0 bridgehead atoms. The number of aliphatic carboxylic acids is 1. The highest BCUT2D eigenvalue weighted by Gasteiger charge is 2.34. The van der Waals surface area contributed by atoms with E-state index in [2.05, 4.69) is 32.1 Å². The van der Waals surface area contributed by atoms with Gasteiger partial charge in [0.15, 0.2) is 16.8 Å². The van der Waals surface area contributed by atoms with Crippen molar-refractivity contribution < 1.29 is 27.5 Å². The van der Waals surface area contributed by atoms with E-state index in [1.54, 1.807) is 4.90 Å². The van der Waals surface area contributed by atoms with E-state index in [-0.39, 0.29) is 34.8 Å². The van der Waals surface area contributed by atoms with Crippen LogP contribution in [0.2, 0.25) is 5.02 Å². The normalized spacial score (nSPS) is 18.7. The smallest absolute Gasteiger partial charge is 0.417 e. The molecule has 2 fully saturated rings. The standard InChI is InChI=1S/C28H32ClF4N7O2S/c1-16-5-8-39(9-6-16)26-23(18-3-4-20(29)19(13-18)28(31,32)33)36-27(43-26)37-24-22(30)25(35-15-34-24)40-12-11-38(17(2)14-40)10-7-21(41)42/h3-4,13,15-17H,5-12,14H2,1-2H3,(H,41,42)(H,34,35,36,37). The fraction of sp³-hybridized carbons (Fsp3) is 0.500. The van der Waals surface area contributed by atoms with Gasteiger partial charge >= 0.3 is 12.1 Å². The number of piperazine rings is 1. The molecule has 3 aromatic rings. The molecule has 1 atom stereocenters. The Bertz CT molecular complexity index is 1470. The first-order chi connectivity index (χ1) is 20.4. The average molecular weight is 642 g/mol. The summed E-state index contributed by atoms with van der Waals surface area (Å²) in [6, 6.07) is 3.70. The first-order valence-corrected chi connectivity index (χ1v) is 15.2. The monoisotopic (exact) mass is 641 g/mol. The summed E-state index contributed by atoms with van der Waals surface area (Å²) < 4.78 is 56.8. The van der Waals surface area contributed by atoms with Gasteiger partial charge in [-0.25, -0.2) is 15.0 Å². The Morgan fingerprint density at radius 2 is 1.88 bits per heavy atom. The van der Waals surface area contributed by atoms with Crippen LogP contribution in [0.15, 0.2) is 24.5 Å². The van der Waals surface area contributed by atoms with Gasteiger partial charge in [-0.15, -0.1) is 0 Å². The maximum Gasteiger partial charge on any atom is 0.417 e. The van der Waals surface area contributed by atoms with Crippen LogP contribution in [0, 0.1) is 11.7 Å². The van der Waals surface area contributed by atoms with Crippen LogP contribution >= 0.6 is 22.9 Å². The first kappa shape index (κ1) is 31.2. The van der Waals surface area contributed by atoms with Crippen molar-refractivity contribution in [3.63, 3.8) is 0 Å². The first-order valence-electron chi connectivity index (χ1n) is 14.0. The van der Waals surface area contributed by atoms with Gasteiger partial charge in [-0.2, -0.15) is 17.6 Å². The van der Waals surface area contributed by atoms with Gasteiger partial charge in [0.05, 0.1) is 17.0 Å². The molecule has 232 valence electrons. The highest BCUT2D eigenvalue weighted by Crippen LogP contribution is 2.44. The Balaban J connectivity index is 1.42. The quantitative estimate of drug-likeness (QED) is 0.272. The van der Waals surface area contributed by atoms with Crippen LogP contribution in [0.4, 0.5) is 39.3 Å². The van der Waals surface area contributed by atoms with Gasteiger partial charge in [0.25, 0.3) is 0 Å². The molecule has 2 saturated heterocycles. The third-order valence-electron chi connectivity index (χ3n) is 7.90. The molecule has 0 amide bonds. The molecule has 4 heterocycles. The van der Waals surface area contributed by atoms with Crippen molar-refractivity contribution in [2.75, 3.05) is 54.4 Å². The van der Waals surface area contributed by atoms with Gasteiger partial charge in [-0.1, -0.05) is 35.9 Å². The highest BCUT2D eigenvalue weighted by molar-refractivity contribution is 7.20. The number of piperidine rings is 1. The van der Waals surface area contributed by atoms with Crippen molar-refractivity contribution in [1.29, 1.82) is 0 Å². The summed E-state index contributed by atoms with van der Waals surface area (Å²) in [7, 11) is 0. The Hall–Kier alpha value is -3.23. The lowest BCUT2D eigenvalue weighted by Gasteiger charge is -2.40. The molecule has 0 aliphatic carbocycles. The summed E-state index contributed by atoms with van der Waals surface area (Å²) in [5.41, 5.74) is -0.338. The van der Waals surface area contributed by atoms with E-state index in [1.807, 2.05) is 11.8 Å². The van der Waals surface area contributed by atoms with Crippen molar-refractivity contribution in [1.82, 2.24) is 19.9 Å². The molecule has 2 aliphatic rings. The van der Waals surface area contributed by atoms with E-state index >= 15 is 4.39 Å². The van der Waals surface area contributed by atoms with Crippen LogP contribution in [0.25, 0.3) is 11.3 Å². The van der Waals surface area contributed by atoms with E-state index in [0.717, 1.165) is 32.0 Å². The minimum atomic E-state index is -4.63. The minimum absolute atomic E-state index is 0.0174. The maximum absolute atomic E-state index is 15.8. The topological polar surface area (TPSA) is 97.7 Å². The lowest BCUT2D eigenvalue weighted by molar-refractivity contribution is -0.138. The molecule has 43 heavy (non-hydrogen) atoms. The van der Waals surface area contributed by atoms with Gasteiger partial charge in [0.1, 0.15) is 17.0 Å². The number of carbonyl (C=O) groups is 1. The molecule has 15 heteroatoms. The number of carboxylic acids is 1. The van der Waals surface area contributed by atoms with Crippen molar-refractivity contribution in [2.24, 2.45) is 5.92 Å². The second kappa shape index (κ2) is 12.8. The van der Waals surface area contributed by atoms with Gasteiger partial charge in [-0.05, 0) is 37.8 Å². The molecule has 2 aromatic heterocycles. The number of halogens is 5. The number of nitrogens with one attached hydrogen (secondary N) is 1. The van der Waals surface area contributed by atoms with E-state index in [4.69, 9.17) is 16.7 Å². The zero-order valence-electron chi connectivity index (χ0n) is 23.7. The van der Waals surface area contributed by atoms with Crippen LogP contribution in [-0.2, 0) is 11.0 Å². The number of hydrogen-bond acceptors (Lipinski definition) is 9. The zero-order chi connectivity index (χ0) is 30.9. The van der Waals surface area contributed by atoms with Crippen LogP contribution < -0.4 is 15.1 Å². The Kier molecular flexibility index (Phi) is 9.28. The summed E-state index contributed by atoms with van der Waals surface area (Å²) in [4.78, 5) is 29.8. The lowest BCUT2D eigenvalue weighted by atomic mass is 9.99. The number of nitrogens with zero attached hydrogens (tertiary/aromatic N) is 6. The number of alkyl halides is 3. The van der Waals surface area contributed by atoms with Gasteiger partial charge in [-0.3, -0.25) is 9.69 Å². The Morgan fingerprint density at radius 3 is 2.56 bits per heavy atom. The largest absolute Gasteiger partial charge is 0.481 e. The summed E-state index contributed by atoms with van der Waals surface area (Å²) in [5, 5.41) is 12.5. The van der Waals surface area contributed by atoms with Gasteiger partial charge in [0, 0.05) is 50.9 Å². The number of benzene rings is 1. The average Bonchev–Trinajstić information content (AvgIpc) is 3.37. The molecule has 5 rings (SSSR count). The molecule has 9 nitrogen and oxygen atoms in total.